The van der Waals surface area contributed by atoms with Gasteiger partial charge in [-0.25, -0.2) is 0 Å². The van der Waals surface area contributed by atoms with Crippen molar-refractivity contribution in [2.24, 2.45) is 0 Å². The standard InChI is InChI=1S/C14H21BO3.C9H9NO/c1-10-7-11(9-12(8-10)16-6)15-17-13(2,3)14(4,5)18-15;1-7-3-8(6-10)5-9(4-7)11-2/h7-9H,1-6H3;3-5H,1-2H3. The molecule has 1 aliphatic heterocycles. The van der Waals surface area contributed by atoms with Gasteiger partial charge in [-0.15, -0.1) is 0 Å². The van der Waals surface area contributed by atoms with E-state index in [1.54, 1.807) is 20.3 Å². The second-order valence-electron chi connectivity index (χ2n) is 8.22. The van der Waals surface area contributed by atoms with E-state index < -0.39 is 0 Å². The molecule has 0 amide bonds. The molecule has 5 nitrogen and oxygen atoms in total. The molecule has 2 aromatic carbocycles. The van der Waals surface area contributed by atoms with Crippen LogP contribution in [0, 0.1) is 25.2 Å². The van der Waals surface area contributed by atoms with E-state index in [0.29, 0.717) is 5.56 Å². The zero-order valence-electron chi connectivity index (χ0n) is 18.6. The quantitative estimate of drug-likeness (QED) is 0.730. The molecule has 6 heteroatoms. The Bertz CT molecular complexity index is 886. The lowest BCUT2D eigenvalue weighted by Crippen LogP contribution is -2.41. The van der Waals surface area contributed by atoms with Gasteiger partial charge in [0.05, 0.1) is 37.1 Å². The molecule has 0 spiro atoms. The highest BCUT2D eigenvalue weighted by molar-refractivity contribution is 6.62. The summed E-state index contributed by atoms with van der Waals surface area (Å²) in [6.07, 6.45) is 0. The summed E-state index contributed by atoms with van der Waals surface area (Å²) in [6.45, 7) is 12.2. The minimum absolute atomic E-state index is 0.311. The van der Waals surface area contributed by atoms with Gasteiger partial charge in [0.15, 0.2) is 0 Å². The average Bonchev–Trinajstić information content (AvgIpc) is 2.88. The van der Waals surface area contributed by atoms with Crippen molar-refractivity contribution in [3.05, 3.63) is 53.1 Å². The largest absolute Gasteiger partial charge is 0.497 e. The number of nitriles is 1. The molecule has 0 aliphatic carbocycles. The number of ether oxygens (including phenoxy) is 2. The second-order valence-corrected chi connectivity index (χ2v) is 8.22. The SMILES string of the molecule is COc1cc(C)cc(B2OC(C)(C)C(C)(C)O2)c1.COc1cc(C)cc(C#N)c1. The Kier molecular flexibility index (Phi) is 7.00. The summed E-state index contributed by atoms with van der Waals surface area (Å²) in [5.74, 6) is 1.57. The van der Waals surface area contributed by atoms with Gasteiger partial charge in [0.1, 0.15) is 11.5 Å². The Morgan fingerprint density at radius 1 is 0.793 bits per heavy atom. The number of rotatable bonds is 3. The first-order valence-corrected chi connectivity index (χ1v) is 9.58. The molecule has 0 unspecified atom stereocenters. The van der Waals surface area contributed by atoms with Crippen LogP contribution in [0.2, 0.25) is 0 Å². The topological polar surface area (TPSA) is 60.7 Å². The third-order valence-electron chi connectivity index (χ3n) is 5.25. The average molecular weight is 395 g/mol. The second kappa shape index (κ2) is 8.90. The van der Waals surface area contributed by atoms with Gasteiger partial charge < -0.3 is 18.8 Å². The van der Waals surface area contributed by atoms with E-state index in [0.717, 1.165) is 28.1 Å². The molecule has 0 saturated carbocycles. The normalized spacial score (nSPS) is 16.4. The minimum Gasteiger partial charge on any atom is -0.497 e. The Balaban J connectivity index is 0.000000234. The lowest BCUT2D eigenvalue weighted by molar-refractivity contribution is 0.00578. The van der Waals surface area contributed by atoms with Crippen molar-refractivity contribution >= 4 is 12.6 Å². The van der Waals surface area contributed by atoms with E-state index in [-0.39, 0.29) is 18.3 Å². The Morgan fingerprint density at radius 3 is 1.76 bits per heavy atom. The van der Waals surface area contributed by atoms with E-state index in [4.69, 9.17) is 24.0 Å². The number of hydrogen-bond donors (Lipinski definition) is 0. The van der Waals surface area contributed by atoms with Crippen LogP contribution >= 0.6 is 0 Å². The van der Waals surface area contributed by atoms with E-state index in [1.165, 1.54) is 0 Å². The molecular weight excluding hydrogens is 365 g/mol. The van der Waals surface area contributed by atoms with E-state index in [1.807, 2.05) is 38.1 Å². The maximum absolute atomic E-state index is 8.58. The number of aryl methyl sites for hydroxylation is 2. The predicted molar refractivity (Wildman–Crippen MR) is 116 cm³/mol. The fraction of sp³-hybridized carbons (Fsp3) is 0.435. The minimum atomic E-state index is -0.330. The van der Waals surface area contributed by atoms with Gasteiger partial charge in [-0.05, 0) is 88.5 Å². The molecule has 3 rings (SSSR count). The molecule has 1 heterocycles. The molecule has 0 atom stereocenters. The van der Waals surface area contributed by atoms with Crippen molar-refractivity contribution in [3.63, 3.8) is 0 Å². The maximum atomic E-state index is 8.58. The molecule has 1 fully saturated rings. The molecule has 2 aromatic rings. The maximum Gasteiger partial charge on any atom is 0.494 e. The lowest BCUT2D eigenvalue weighted by Gasteiger charge is -2.32. The van der Waals surface area contributed by atoms with Crippen molar-refractivity contribution in [2.45, 2.75) is 52.7 Å². The predicted octanol–water partition coefficient (Wildman–Crippen LogP) is 4.18. The smallest absolute Gasteiger partial charge is 0.494 e. The summed E-state index contributed by atoms with van der Waals surface area (Å²) in [6, 6.07) is 13.5. The Morgan fingerprint density at radius 2 is 1.28 bits per heavy atom. The third kappa shape index (κ3) is 5.53. The van der Waals surface area contributed by atoms with Gasteiger partial charge in [0.2, 0.25) is 0 Å². The van der Waals surface area contributed by atoms with Crippen LogP contribution in [0.5, 0.6) is 11.5 Å². The molecule has 0 radical (unpaired) electrons. The van der Waals surface area contributed by atoms with E-state index in [2.05, 4.69) is 39.8 Å². The van der Waals surface area contributed by atoms with Crippen LogP contribution in [0.25, 0.3) is 0 Å². The fourth-order valence-corrected chi connectivity index (χ4v) is 2.94. The lowest BCUT2D eigenvalue weighted by atomic mass is 9.78. The zero-order chi connectivity index (χ0) is 21.8. The molecule has 1 aliphatic rings. The Hall–Kier alpha value is -2.49. The molecular formula is C23H30BNO4. The summed E-state index contributed by atoms with van der Waals surface area (Å²) in [7, 11) is 2.93. The van der Waals surface area contributed by atoms with Gasteiger partial charge in [-0.1, -0.05) is 6.07 Å². The van der Waals surface area contributed by atoms with E-state index in [9.17, 15) is 0 Å². The van der Waals surface area contributed by atoms with Crippen LogP contribution in [-0.4, -0.2) is 32.5 Å². The summed E-state index contributed by atoms with van der Waals surface area (Å²) >= 11 is 0. The van der Waals surface area contributed by atoms with Gasteiger partial charge in [0, 0.05) is 0 Å². The molecule has 0 bridgehead atoms. The molecule has 29 heavy (non-hydrogen) atoms. The molecule has 0 aromatic heterocycles. The summed E-state index contributed by atoms with van der Waals surface area (Å²) in [5.41, 5.74) is 3.20. The first-order valence-electron chi connectivity index (χ1n) is 9.58. The van der Waals surface area contributed by atoms with Gasteiger partial charge >= 0.3 is 7.12 Å². The van der Waals surface area contributed by atoms with Crippen LogP contribution in [0.1, 0.15) is 44.4 Å². The highest BCUT2D eigenvalue weighted by Crippen LogP contribution is 2.36. The van der Waals surface area contributed by atoms with Gasteiger partial charge in [0.25, 0.3) is 0 Å². The summed E-state index contributed by atoms with van der Waals surface area (Å²) in [5, 5.41) is 8.58. The van der Waals surface area contributed by atoms with Crippen molar-refractivity contribution in [2.75, 3.05) is 14.2 Å². The van der Waals surface area contributed by atoms with Crippen LogP contribution in [0.3, 0.4) is 0 Å². The van der Waals surface area contributed by atoms with Crippen molar-refractivity contribution in [3.8, 4) is 17.6 Å². The highest BCUT2D eigenvalue weighted by atomic mass is 16.7. The van der Waals surface area contributed by atoms with Gasteiger partial charge in [-0.2, -0.15) is 5.26 Å². The molecule has 1 saturated heterocycles. The van der Waals surface area contributed by atoms with Gasteiger partial charge in [-0.3, -0.25) is 0 Å². The van der Waals surface area contributed by atoms with Crippen LogP contribution in [0.15, 0.2) is 36.4 Å². The van der Waals surface area contributed by atoms with Crippen molar-refractivity contribution in [1.29, 1.82) is 5.26 Å². The Labute approximate surface area is 174 Å². The summed E-state index contributed by atoms with van der Waals surface area (Å²) in [4.78, 5) is 0. The van der Waals surface area contributed by atoms with E-state index >= 15 is 0 Å². The fourth-order valence-electron chi connectivity index (χ4n) is 2.94. The van der Waals surface area contributed by atoms with Crippen LogP contribution < -0.4 is 14.9 Å². The number of benzene rings is 2. The highest BCUT2D eigenvalue weighted by Gasteiger charge is 2.51. The number of nitrogens with zero attached hydrogens (tertiary/aromatic N) is 1. The number of methoxy groups -OCH3 is 2. The van der Waals surface area contributed by atoms with Crippen LogP contribution in [0.4, 0.5) is 0 Å². The van der Waals surface area contributed by atoms with Crippen molar-refractivity contribution < 1.29 is 18.8 Å². The third-order valence-corrected chi connectivity index (χ3v) is 5.25. The molecule has 154 valence electrons. The zero-order valence-corrected chi connectivity index (χ0v) is 18.6. The first kappa shape index (κ1) is 22.8. The summed E-state index contributed by atoms with van der Waals surface area (Å²) < 4.78 is 22.3. The monoisotopic (exact) mass is 395 g/mol. The first-order chi connectivity index (χ1) is 13.5. The number of hydrogen-bond acceptors (Lipinski definition) is 5. The van der Waals surface area contributed by atoms with Crippen molar-refractivity contribution in [1.82, 2.24) is 0 Å². The van der Waals surface area contributed by atoms with Crippen LogP contribution in [-0.2, 0) is 9.31 Å². The molecule has 0 N–H and O–H groups in total.